The molecule has 4 fully saturated rings. The van der Waals surface area contributed by atoms with Crippen molar-refractivity contribution < 1.29 is 23.9 Å². The lowest BCUT2D eigenvalue weighted by Crippen LogP contribution is -2.62. The van der Waals surface area contributed by atoms with Gasteiger partial charge < -0.3 is 29.5 Å². The van der Waals surface area contributed by atoms with Crippen molar-refractivity contribution in [3.8, 4) is 11.3 Å². The number of aromatic nitrogens is 1. The number of likely N-dealkylation sites (N-methyl/N-ethyl adjacent to an activating group) is 1. The first-order valence-electron chi connectivity index (χ1n) is 14.2. The Hall–Kier alpha value is -2.86. The molecule has 11 heteroatoms. The van der Waals surface area contributed by atoms with Crippen molar-refractivity contribution in [2.24, 2.45) is 0 Å². The average molecular weight is 568 g/mol. The van der Waals surface area contributed by atoms with Gasteiger partial charge in [-0.3, -0.25) is 14.4 Å². The molecule has 3 atom stereocenters. The number of hydrogen-bond acceptors (Lipinski definition) is 9. The van der Waals surface area contributed by atoms with E-state index in [2.05, 4.69) is 27.5 Å². The van der Waals surface area contributed by atoms with Gasteiger partial charge in [-0.1, -0.05) is 31.4 Å². The van der Waals surface area contributed by atoms with Crippen molar-refractivity contribution in [1.82, 2.24) is 20.1 Å². The molecule has 2 amide bonds. The van der Waals surface area contributed by atoms with Crippen molar-refractivity contribution in [3.63, 3.8) is 0 Å². The fourth-order valence-corrected chi connectivity index (χ4v) is 7.36. The number of nitrogens with one attached hydrogen (secondary N) is 1. The summed E-state index contributed by atoms with van der Waals surface area (Å²) >= 11 is 1.64. The predicted molar refractivity (Wildman–Crippen MR) is 152 cm³/mol. The number of amides is 2. The molecule has 1 saturated carbocycles. The van der Waals surface area contributed by atoms with Crippen molar-refractivity contribution in [1.29, 1.82) is 0 Å². The predicted octanol–water partition coefficient (Wildman–Crippen LogP) is 2.19. The fourth-order valence-electron chi connectivity index (χ4n) is 6.47. The number of hydrogen-bond donors (Lipinski definition) is 1. The van der Waals surface area contributed by atoms with E-state index >= 15 is 0 Å². The number of anilines is 1. The Morgan fingerprint density at radius 3 is 2.52 bits per heavy atom. The number of likely N-dealkylation sites (tertiary alicyclic amines) is 1. The molecular weight excluding hydrogens is 530 g/mol. The molecular formula is C29H37N5O5S. The first kappa shape index (κ1) is 27.3. The molecule has 0 radical (unpaired) electrons. The lowest BCUT2D eigenvalue weighted by atomic mass is 9.80. The third-order valence-electron chi connectivity index (χ3n) is 8.88. The normalized spacial score (nSPS) is 26.6. The molecule has 1 aromatic carbocycles. The van der Waals surface area contributed by atoms with Gasteiger partial charge in [-0.25, -0.2) is 4.98 Å². The first-order valence-corrected chi connectivity index (χ1v) is 15.1. The summed E-state index contributed by atoms with van der Waals surface area (Å²) in [6.07, 6.45) is 2.97. The zero-order chi connectivity index (χ0) is 27.9. The summed E-state index contributed by atoms with van der Waals surface area (Å²) in [5, 5.41) is 6.20. The number of piperazine rings is 1. The van der Waals surface area contributed by atoms with Gasteiger partial charge in [-0.15, -0.1) is 11.3 Å². The van der Waals surface area contributed by atoms with Crippen LogP contribution in [-0.2, 0) is 19.1 Å². The number of benzene rings is 1. The zero-order valence-electron chi connectivity index (χ0n) is 23.1. The van der Waals surface area contributed by atoms with Gasteiger partial charge >= 0.3 is 0 Å². The lowest BCUT2D eigenvalue weighted by Gasteiger charge is -2.40. The average Bonchev–Trinajstić information content (AvgIpc) is 3.71. The number of carbonyl (C=O) groups is 3. The van der Waals surface area contributed by atoms with E-state index in [1.165, 1.54) is 0 Å². The summed E-state index contributed by atoms with van der Waals surface area (Å²) in [5.74, 6) is -0.598. The second-order valence-corrected chi connectivity index (χ2v) is 12.2. The summed E-state index contributed by atoms with van der Waals surface area (Å²) in [7, 11) is 3.71. The maximum atomic E-state index is 14.1. The summed E-state index contributed by atoms with van der Waals surface area (Å²) in [5.41, 5.74) is 1.29. The van der Waals surface area contributed by atoms with Crippen molar-refractivity contribution in [3.05, 3.63) is 35.2 Å². The Labute approximate surface area is 238 Å². The third-order valence-corrected chi connectivity index (χ3v) is 9.78. The fraction of sp³-hybridized carbons (Fsp3) is 0.586. The van der Waals surface area contributed by atoms with Gasteiger partial charge in [0.25, 0.3) is 5.91 Å². The second-order valence-electron chi connectivity index (χ2n) is 11.4. The molecule has 4 aliphatic rings. The first-order chi connectivity index (χ1) is 19.4. The van der Waals surface area contributed by atoms with Crippen molar-refractivity contribution in [2.75, 3.05) is 58.4 Å². The standard InChI is InChI=1S/C29H37N5O5S/c1-32-12-14-33(15-13-32)28-30-21(18-40-28)19-6-8-20(9-7-19)26(36)31-29(10-4-3-5-11-29)27(37)34-16-23(38-2)25-24(34)22(35)17-39-25/h6-9,18,23-25H,3-5,10-17H2,1-2H3,(H,31,36)/t23-,24+,25+/m0/s1. The van der Waals surface area contributed by atoms with Crippen LogP contribution >= 0.6 is 11.3 Å². The molecule has 4 heterocycles. The van der Waals surface area contributed by atoms with Crippen LogP contribution in [-0.4, -0.2) is 110 Å². The topological polar surface area (TPSA) is 104 Å². The number of carbonyl (C=O) groups excluding carboxylic acids is 3. The second kappa shape index (κ2) is 11.2. The summed E-state index contributed by atoms with van der Waals surface area (Å²) < 4.78 is 11.2. The van der Waals surface area contributed by atoms with Crippen LogP contribution in [0.3, 0.4) is 0 Å². The molecule has 40 heavy (non-hydrogen) atoms. The largest absolute Gasteiger partial charge is 0.377 e. The van der Waals surface area contributed by atoms with Crippen LogP contribution in [0.15, 0.2) is 29.6 Å². The van der Waals surface area contributed by atoms with Gasteiger partial charge in [0.2, 0.25) is 5.91 Å². The van der Waals surface area contributed by atoms with Gasteiger partial charge in [0, 0.05) is 49.8 Å². The summed E-state index contributed by atoms with van der Waals surface area (Å²) in [4.78, 5) is 51.3. The lowest BCUT2D eigenvalue weighted by molar-refractivity contribution is -0.143. The molecule has 2 aromatic rings. The quantitative estimate of drug-likeness (QED) is 0.567. The van der Waals surface area contributed by atoms with Crippen molar-refractivity contribution >= 4 is 34.1 Å². The number of rotatable bonds is 6. The minimum Gasteiger partial charge on any atom is -0.377 e. The molecule has 3 saturated heterocycles. The van der Waals surface area contributed by atoms with E-state index in [-0.39, 0.29) is 36.9 Å². The number of fused-ring (bicyclic) bond motifs is 1. The molecule has 10 nitrogen and oxygen atoms in total. The smallest absolute Gasteiger partial charge is 0.252 e. The van der Waals surface area contributed by atoms with Crippen LogP contribution in [0.2, 0.25) is 0 Å². The number of ether oxygens (including phenoxy) is 2. The van der Waals surface area contributed by atoms with E-state index in [9.17, 15) is 14.4 Å². The molecule has 0 unspecified atom stereocenters. The van der Waals surface area contributed by atoms with Crippen LogP contribution in [0, 0.1) is 0 Å². The molecule has 3 aliphatic heterocycles. The van der Waals surface area contributed by atoms with Crippen LogP contribution < -0.4 is 10.2 Å². The highest BCUT2D eigenvalue weighted by molar-refractivity contribution is 7.14. The SMILES string of the molecule is CO[C@H]1CN(C(=O)C2(NC(=O)c3ccc(-c4csc(N5CCN(C)CC5)n4)cc3)CCCCC2)[C@@H]2C(=O)CO[C@H]12. The molecule has 1 aliphatic carbocycles. The van der Waals surface area contributed by atoms with E-state index in [4.69, 9.17) is 14.5 Å². The molecule has 0 spiro atoms. The van der Waals surface area contributed by atoms with E-state index in [0.717, 1.165) is 61.8 Å². The number of methoxy groups -OCH3 is 1. The van der Waals surface area contributed by atoms with Crippen LogP contribution in [0.25, 0.3) is 11.3 Å². The Bertz CT molecular complexity index is 1250. The minimum atomic E-state index is -1.05. The number of ketones is 1. The highest BCUT2D eigenvalue weighted by Crippen LogP contribution is 2.36. The maximum absolute atomic E-state index is 14.1. The molecule has 214 valence electrons. The van der Waals surface area contributed by atoms with Gasteiger partial charge in [0.05, 0.1) is 12.2 Å². The van der Waals surface area contributed by atoms with E-state index in [1.54, 1.807) is 35.5 Å². The van der Waals surface area contributed by atoms with Gasteiger partial charge in [-0.2, -0.15) is 0 Å². The molecule has 1 aromatic heterocycles. The number of Topliss-reactive ketones (excluding diaryl/α,β-unsaturated/α-hetero) is 1. The van der Waals surface area contributed by atoms with Crippen LogP contribution in [0.1, 0.15) is 42.5 Å². The van der Waals surface area contributed by atoms with Crippen LogP contribution in [0.4, 0.5) is 5.13 Å². The minimum absolute atomic E-state index is 0.0134. The van der Waals surface area contributed by atoms with Gasteiger partial charge in [0.1, 0.15) is 30.4 Å². The highest BCUT2D eigenvalue weighted by atomic mass is 32.1. The van der Waals surface area contributed by atoms with Crippen molar-refractivity contribution in [2.45, 2.75) is 55.9 Å². The number of nitrogens with zero attached hydrogens (tertiary/aromatic N) is 4. The maximum Gasteiger partial charge on any atom is 0.252 e. The Balaban J connectivity index is 1.17. The zero-order valence-corrected chi connectivity index (χ0v) is 24.0. The molecule has 0 bridgehead atoms. The summed E-state index contributed by atoms with van der Waals surface area (Å²) in [6, 6.07) is 6.76. The number of thiazole rings is 1. The van der Waals surface area contributed by atoms with E-state index in [0.29, 0.717) is 18.4 Å². The van der Waals surface area contributed by atoms with Gasteiger partial charge in [-0.05, 0) is 32.0 Å². The monoisotopic (exact) mass is 567 g/mol. The molecule has 1 N–H and O–H groups in total. The Morgan fingerprint density at radius 1 is 1.10 bits per heavy atom. The Kier molecular flexibility index (Phi) is 7.64. The van der Waals surface area contributed by atoms with Crippen LogP contribution in [0.5, 0.6) is 0 Å². The third kappa shape index (κ3) is 5.04. The highest BCUT2D eigenvalue weighted by Gasteiger charge is 2.56. The summed E-state index contributed by atoms with van der Waals surface area (Å²) in [6.45, 7) is 4.26. The van der Waals surface area contributed by atoms with Gasteiger partial charge in [0.15, 0.2) is 10.9 Å². The molecule has 6 rings (SSSR count). The van der Waals surface area contributed by atoms with E-state index in [1.807, 2.05) is 12.1 Å². The van der Waals surface area contributed by atoms with E-state index < -0.39 is 17.7 Å². The Morgan fingerprint density at radius 2 is 1.82 bits per heavy atom.